The van der Waals surface area contributed by atoms with E-state index in [1.54, 1.807) is 18.2 Å². The monoisotopic (exact) mass is 355 g/mol. The van der Waals surface area contributed by atoms with Crippen LogP contribution in [0, 0.1) is 0 Å². The molecule has 1 aliphatic rings. The first-order chi connectivity index (χ1) is 12.6. The van der Waals surface area contributed by atoms with Crippen molar-refractivity contribution < 1.29 is 19.1 Å². The van der Waals surface area contributed by atoms with Gasteiger partial charge < -0.3 is 25.0 Å². The Bertz CT molecular complexity index is 800. The number of amides is 2. The summed E-state index contributed by atoms with van der Waals surface area (Å²) in [4.78, 5) is 26.3. The number of carbonyl (C=O) groups is 2. The molecule has 0 aliphatic carbocycles. The van der Waals surface area contributed by atoms with Crippen molar-refractivity contribution in [2.24, 2.45) is 0 Å². The van der Waals surface area contributed by atoms with E-state index in [9.17, 15) is 9.59 Å². The fourth-order valence-electron chi connectivity index (χ4n) is 2.83. The van der Waals surface area contributed by atoms with Crippen molar-refractivity contribution in [3.63, 3.8) is 0 Å². The average Bonchev–Trinajstić information content (AvgIpc) is 2.67. The molecule has 7 nitrogen and oxygen atoms in total. The van der Waals surface area contributed by atoms with E-state index in [-0.39, 0.29) is 18.4 Å². The molecule has 0 atom stereocenters. The Hall–Kier alpha value is -3.22. The van der Waals surface area contributed by atoms with E-state index in [1.807, 2.05) is 29.2 Å². The summed E-state index contributed by atoms with van der Waals surface area (Å²) in [6.07, 6.45) is 0. The number of ether oxygens (including phenoxy) is 2. The van der Waals surface area contributed by atoms with Crippen molar-refractivity contribution in [2.45, 2.75) is 0 Å². The second-order valence-electron chi connectivity index (χ2n) is 5.84. The molecule has 2 aromatic rings. The van der Waals surface area contributed by atoms with E-state index >= 15 is 0 Å². The summed E-state index contributed by atoms with van der Waals surface area (Å²) < 4.78 is 10.4. The molecule has 2 aromatic carbocycles. The predicted molar refractivity (Wildman–Crippen MR) is 99.2 cm³/mol. The van der Waals surface area contributed by atoms with Crippen molar-refractivity contribution in [2.75, 3.05) is 44.1 Å². The van der Waals surface area contributed by atoms with Gasteiger partial charge in [-0.1, -0.05) is 12.1 Å². The third kappa shape index (κ3) is 3.88. The van der Waals surface area contributed by atoms with Crippen LogP contribution in [0.3, 0.4) is 0 Å². The van der Waals surface area contributed by atoms with Crippen molar-refractivity contribution in [1.29, 1.82) is 0 Å². The minimum Gasteiger partial charge on any atom is -0.497 e. The highest BCUT2D eigenvalue weighted by molar-refractivity contribution is 6.06. The summed E-state index contributed by atoms with van der Waals surface area (Å²) in [6.45, 7) is 1.53. The molecule has 136 valence electrons. The second-order valence-corrected chi connectivity index (χ2v) is 5.84. The molecule has 0 bridgehead atoms. The van der Waals surface area contributed by atoms with Gasteiger partial charge in [0.25, 0.3) is 5.91 Å². The molecular weight excluding hydrogens is 334 g/mol. The van der Waals surface area contributed by atoms with E-state index in [0.717, 1.165) is 5.69 Å². The molecule has 1 aliphatic heterocycles. The zero-order valence-electron chi connectivity index (χ0n) is 14.7. The van der Waals surface area contributed by atoms with Crippen LogP contribution < -0.4 is 25.0 Å². The third-order valence-electron chi connectivity index (χ3n) is 4.14. The first-order valence-electron chi connectivity index (χ1n) is 8.26. The lowest BCUT2D eigenvalue weighted by molar-refractivity contribution is -0.120. The van der Waals surface area contributed by atoms with Crippen molar-refractivity contribution >= 4 is 23.2 Å². The number of nitrogens with one attached hydrogen (secondary N) is 2. The number of carbonyl (C=O) groups excluding carboxylic acids is 2. The number of hydrogen-bond donors (Lipinski definition) is 2. The van der Waals surface area contributed by atoms with Crippen LogP contribution in [-0.4, -0.2) is 45.7 Å². The summed E-state index contributed by atoms with van der Waals surface area (Å²) in [5.41, 5.74) is 1.88. The van der Waals surface area contributed by atoms with E-state index in [0.29, 0.717) is 35.8 Å². The van der Waals surface area contributed by atoms with Crippen LogP contribution in [0.1, 0.15) is 10.4 Å². The number of anilines is 2. The predicted octanol–water partition coefficient (Wildman–Crippen LogP) is 1.89. The number of rotatable bonds is 5. The van der Waals surface area contributed by atoms with Gasteiger partial charge in [0.1, 0.15) is 11.5 Å². The topological polar surface area (TPSA) is 79.9 Å². The van der Waals surface area contributed by atoms with Gasteiger partial charge in [-0.25, -0.2) is 0 Å². The van der Waals surface area contributed by atoms with Crippen molar-refractivity contribution in [1.82, 2.24) is 5.32 Å². The lowest BCUT2D eigenvalue weighted by Gasteiger charge is -2.30. The average molecular weight is 355 g/mol. The zero-order chi connectivity index (χ0) is 18.5. The van der Waals surface area contributed by atoms with E-state index in [4.69, 9.17) is 9.47 Å². The number of piperazine rings is 1. The van der Waals surface area contributed by atoms with Crippen LogP contribution in [0.2, 0.25) is 0 Å². The standard InChI is InChI=1S/C19H21N3O4/c1-25-14-9-13(10-15(11-14)26-2)19(24)21-16-5-3-4-6-17(16)22-8-7-20-18(23)12-22/h3-6,9-11H,7-8,12H2,1-2H3,(H,20,23)(H,21,24). The summed E-state index contributed by atoms with van der Waals surface area (Å²) in [6, 6.07) is 12.4. The molecule has 2 amide bonds. The van der Waals surface area contributed by atoms with Gasteiger partial charge in [0.2, 0.25) is 5.91 Å². The summed E-state index contributed by atoms with van der Waals surface area (Å²) >= 11 is 0. The quantitative estimate of drug-likeness (QED) is 0.856. The highest BCUT2D eigenvalue weighted by atomic mass is 16.5. The molecule has 26 heavy (non-hydrogen) atoms. The van der Waals surface area contributed by atoms with Gasteiger partial charge in [-0.15, -0.1) is 0 Å². The first kappa shape index (κ1) is 17.6. The van der Waals surface area contributed by atoms with E-state index in [1.165, 1.54) is 14.2 Å². The highest BCUT2D eigenvalue weighted by Crippen LogP contribution is 2.28. The Morgan fingerprint density at radius 3 is 2.46 bits per heavy atom. The van der Waals surface area contributed by atoms with Crippen molar-refractivity contribution in [3.8, 4) is 11.5 Å². The molecular formula is C19H21N3O4. The Morgan fingerprint density at radius 1 is 1.12 bits per heavy atom. The molecule has 0 unspecified atom stereocenters. The van der Waals surface area contributed by atoms with Crippen molar-refractivity contribution in [3.05, 3.63) is 48.0 Å². The minimum absolute atomic E-state index is 0.0325. The Kier molecular flexibility index (Phi) is 5.26. The molecule has 3 rings (SSSR count). The second kappa shape index (κ2) is 7.77. The molecule has 0 spiro atoms. The SMILES string of the molecule is COc1cc(OC)cc(C(=O)Nc2ccccc2N2CCNC(=O)C2)c1. The fraction of sp³-hybridized carbons (Fsp3) is 0.263. The number of para-hydroxylation sites is 2. The lowest BCUT2D eigenvalue weighted by atomic mass is 10.1. The molecule has 7 heteroatoms. The molecule has 0 saturated carbocycles. The molecule has 1 saturated heterocycles. The smallest absolute Gasteiger partial charge is 0.255 e. The third-order valence-corrected chi connectivity index (χ3v) is 4.14. The number of hydrogen-bond acceptors (Lipinski definition) is 5. The van der Waals surface area contributed by atoms with E-state index < -0.39 is 0 Å². The van der Waals surface area contributed by atoms with Crippen LogP contribution in [0.4, 0.5) is 11.4 Å². The molecule has 0 radical (unpaired) electrons. The van der Waals surface area contributed by atoms with Gasteiger partial charge in [0.05, 0.1) is 32.1 Å². The number of methoxy groups -OCH3 is 2. The Morgan fingerprint density at radius 2 is 1.81 bits per heavy atom. The number of nitrogens with zero attached hydrogens (tertiary/aromatic N) is 1. The van der Waals surface area contributed by atoms with E-state index in [2.05, 4.69) is 10.6 Å². The van der Waals surface area contributed by atoms with Crippen LogP contribution in [-0.2, 0) is 4.79 Å². The van der Waals surface area contributed by atoms with Gasteiger partial charge in [0.15, 0.2) is 0 Å². The maximum absolute atomic E-state index is 12.7. The molecule has 1 fully saturated rings. The van der Waals surface area contributed by atoms with Crippen LogP contribution in [0.15, 0.2) is 42.5 Å². The normalized spacial score (nSPS) is 13.8. The number of benzene rings is 2. The Balaban J connectivity index is 1.85. The van der Waals surface area contributed by atoms with Gasteiger partial charge in [0, 0.05) is 24.7 Å². The minimum atomic E-state index is -0.281. The summed E-state index contributed by atoms with van der Waals surface area (Å²) in [5.74, 6) is 0.761. The largest absolute Gasteiger partial charge is 0.497 e. The van der Waals surface area contributed by atoms with Crippen LogP contribution in [0.25, 0.3) is 0 Å². The van der Waals surface area contributed by atoms with Gasteiger partial charge in [-0.2, -0.15) is 0 Å². The van der Waals surface area contributed by atoms with Gasteiger partial charge >= 0.3 is 0 Å². The molecule has 2 N–H and O–H groups in total. The molecule has 0 aromatic heterocycles. The van der Waals surface area contributed by atoms with Gasteiger partial charge in [-0.05, 0) is 24.3 Å². The van der Waals surface area contributed by atoms with Crippen LogP contribution >= 0.6 is 0 Å². The summed E-state index contributed by atoms with van der Waals surface area (Å²) in [7, 11) is 3.07. The zero-order valence-corrected chi connectivity index (χ0v) is 14.7. The maximum atomic E-state index is 12.7. The van der Waals surface area contributed by atoms with Crippen LogP contribution in [0.5, 0.6) is 11.5 Å². The summed E-state index contributed by atoms with van der Waals surface area (Å²) in [5, 5.41) is 5.72. The molecule has 1 heterocycles. The maximum Gasteiger partial charge on any atom is 0.255 e. The van der Waals surface area contributed by atoms with Gasteiger partial charge in [-0.3, -0.25) is 9.59 Å². The first-order valence-corrected chi connectivity index (χ1v) is 8.26. The fourth-order valence-corrected chi connectivity index (χ4v) is 2.83. The highest BCUT2D eigenvalue weighted by Gasteiger charge is 2.20. The Labute approximate surface area is 151 Å². The lowest BCUT2D eigenvalue weighted by Crippen LogP contribution is -2.47.